The van der Waals surface area contributed by atoms with Crippen LogP contribution in [-0.4, -0.2) is 31.9 Å². The smallest absolute Gasteiger partial charge is 0.220 e. The second-order valence-electron chi connectivity index (χ2n) is 6.23. The van der Waals surface area contributed by atoms with Gasteiger partial charge in [-0.25, -0.2) is 0 Å². The summed E-state index contributed by atoms with van der Waals surface area (Å²) in [6.07, 6.45) is 9.54. The van der Waals surface area contributed by atoms with E-state index in [9.17, 15) is 9.90 Å². The van der Waals surface area contributed by atoms with Crippen molar-refractivity contribution >= 4 is 5.91 Å². The van der Waals surface area contributed by atoms with E-state index in [0.29, 0.717) is 12.8 Å². The van der Waals surface area contributed by atoms with Crippen LogP contribution in [0.25, 0.3) is 0 Å². The van der Waals surface area contributed by atoms with Crippen molar-refractivity contribution in [3.63, 3.8) is 0 Å². The summed E-state index contributed by atoms with van der Waals surface area (Å²) in [7, 11) is 1.86. The van der Waals surface area contributed by atoms with Crippen molar-refractivity contribution in [3.8, 4) is 0 Å². The zero-order valence-corrected chi connectivity index (χ0v) is 13.2. The second kappa shape index (κ2) is 6.91. The van der Waals surface area contributed by atoms with Gasteiger partial charge < -0.3 is 10.4 Å². The number of hydrogen-bond donors (Lipinski definition) is 2. The van der Waals surface area contributed by atoms with Crippen LogP contribution in [0.5, 0.6) is 0 Å². The number of aryl methyl sites for hydroxylation is 2. The summed E-state index contributed by atoms with van der Waals surface area (Å²) in [5, 5.41) is 16.9. The summed E-state index contributed by atoms with van der Waals surface area (Å²) in [6, 6.07) is 3.78. The number of hydrogen-bond acceptors (Lipinski definition) is 4. The lowest BCUT2D eigenvalue weighted by Crippen LogP contribution is -2.41. The molecule has 0 spiro atoms. The van der Waals surface area contributed by atoms with E-state index in [-0.39, 0.29) is 24.0 Å². The molecule has 0 bridgehead atoms. The Hall–Kier alpha value is -2.21. The van der Waals surface area contributed by atoms with E-state index in [2.05, 4.69) is 15.4 Å². The third-order valence-electron chi connectivity index (χ3n) is 4.41. The lowest BCUT2D eigenvalue weighted by atomic mass is 9.75. The van der Waals surface area contributed by atoms with Gasteiger partial charge in [0.25, 0.3) is 0 Å². The number of aliphatic hydroxyl groups excluding tert-OH is 1. The molecule has 23 heavy (non-hydrogen) atoms. The highest BCUT2D eigenvalue weighted by molar-refractivity contribution is 5.76. The minimum Gasteiger partial charge on any atom is -0.393 e. The molecule has 0 radical (unpaired) electrons. The largest absolute Gasteiger partial charge is 0.393 e. The number of nitrogens with zero attached hydrogens (tertiary/aromatic N) is 3. The zero-order valence-electron chi connectivity index (χ0n) is 13.2. The number of aliphatic hydroxyl groups is 1. The predicted molar refractivity (Wildman–Crippen MR) is 85.4 cm³/mol. The Bertz CT molecular complexity index is 650. The molecule has 1 fully saturated rings. The van der Waals surface area contributed by atoms with Crippen molar-refractivity contribution in [1.82, 2.24) is 20.1 Å². The van der Waals surface area contributed by atoms with Crippen molar-refractivity contribution in [2.45, 2.75) is 37.8 Å². The van der Waals surface area contributed by atoms with E-state index in [4.69, 9.17) is 0 Å². The summed E-state index contributed by atoms with van der Waals surface area (Å²) >= 11 is 0. The topological polar surface area (TPSA) is 80.0 Å². The average molecular weight is 314 g/mol. The van der Waals surface area contributed by atoms with Gasteiger partial charge in [-0.15, -0.1) is 0 Å². The number of amides is 1. The first kappa shape index (κ1) is 15.7. The van der Waals surface area contributed by atoms with Crippen LogP contribution >= 0.6 is 0 Å². The summed E-state index contributed by atoms with van der Waals surface area (Å²) < 4.78 is 1.74. The number of pyridine rings is 1. The van der Waals surface area contributed by atoms with Gasteiger partial charge in [0.05, 0.1) is 18.3 Å². The molecule has 0 aliphatic heterocycles. The highest BCUT2D eigenvalue weighted by Gasteiger charge is 2.36. The molecule has 2 N–H and O–H groups in total. The molecule has 2 heterocycles. The van der Waals surface area contributed by atoms with E-state index in [1.165, 1.54) is 0 Å². The number of carbonyl (C=O) groups is 1. The van der Waals surface area contributed by atoms with Gasteiger partial charge in [-0.2, -0.15) is 5.10 Å². The summed E-state index contributed by atoms with van der Waals surface area (Å²) in [4.78, 5) is 16.3. The van der Waals surface area contributed by atoms with E-state index >= 15 is 0 Å². The minimum absolute atomic E-state index is 0.0251. The van der Waals surface area contributed by atoms with Gasteiger partial charge in [0, 0.05) is 37.6 Å². The maximum atomic E-state index is 12.3. The van der Waals surface area contributed by atoms with Crippen LogP contribution in [0.15, 0.2) is 36.9 Å². The Balaban J connectivity index is 1.60. The Morgan fingerprint density at radius 1 is 1.43 bits per heavy atom. The van der Waals surface area contributed by atoms with E-state index in [1.807, 2.05) is 25.4 Å². The van der Waals surface area contributed by atoms with E-state index < -0.39 is 0 Å². The molecular formula is C17H22N4O2. The molecule has 3 rings (SSSR count). The molecule has 2 aromatic heterocycles. The molecule has 122 valence electrons. The number of carbonyl (C=O) groups excluding carboxylic acids is 1. The zero-order chi connectivity index (χ0) is 16.2. The monoisotopic (exact) mass is 314 g/mol. The molecule has 0 saturated heterocycles. The summed E-state index contributed by atoms with van der Waals surface area (Å²) in [5.74, 6) is 0.302. The van der Waals surface area contributed by atoms with Crippen LogP contribution in [0, 0.1) is 5.92 Å². The van der Waals surface area contributed by atoms with Gasteiger partial charge in [-0.3, -0.25) is 14.5 Å². The van der Waals surface area contributed by atoms with Gasteiger partial charge >= 0.3 is 0 Å². The van der Waals surface area contributed by atoms with Gasteiger partial charge in [-0.05, 0) is 42.9 Å². The highest BCUT2D eigenvalue weighted by atomic mass is 16.3. The Kier molecular flexibility index (Phi) is 4.71. The third kappa shape index (κ3) is 3.96. The quantitative estimate of drug-likeness (QED) is 0.844. The Morgan fingerprint density at radius 3 is 2.78 bits per heavy atom. The van der Waals surface area contributed by atoms with Gasteiger partial charge in [0.15, 0.2) is 0 Å². The van der Waals surface area contributed by atoms with Crippen LogP contribution in [0.2, 0.25) is 0 Å². The maximum absolute atomic E-state index is 12.3. The highest BCUT2D eigenvalue weighted by Crippen LogP contribution is 2.37. The maximum Gasteiger partial charge on any atom is 0.220 e. The van der Waals surface area contributed by atoms with Crippen molar-refractivity contribution in [1.29, 1.82) is 0 Å². The first-order valence-corrected chi connectivity index (χ1v) is 7.96. The lowest BCUT2D eigenvalue weighted by Gasteiger charge is -2.37. The van der Waals surface area contributed by atoms with Crippen LogP contribution < -0.4 is 5.32 Å². The minimum atomic E-state index is -0.243. The van der Waals surface area contributed by atoms with Crippen molar-refractivity contribution in [2.24, 2.45) is 13.0 Å². The molecule has 0 aromatic carbocycles. The molecule has 2 aromatic rings. The number of rotatable bonds is 6. The molecule has 1 aliphatic carbocycles. The summed E-state index contributed by atoms with van der Waals surface area (Å²) in [6.45, 7) is 0. The van der Waals surface area contributed by atoms with Crippen LogP contribution in [-0.2, 0) is 18.3 Å². The second-order valence-corrected chi connectivity index (χ2v) is 6.23. The molecule has 6 nitrogen and oxygen atoms in total. The van der Waals surface area contributed by atoms with Gasteiger partial charge in [0.2, 0.25) is 5.91 Å². The van der Waals surface area contributed by atoms with Crippen molar-refractivity contribution in [3.05, 3.63) is 48.0 Å². The number of aromatic nitrogens is 3. The Morgan fingerprint density at radius 2 is 2.17 bits per heavy atom. The van der Waals surface area contributed by atoms with Crippen LogP contribution in [0.4, 0.5) is 0 Å². The standard InChI is InChI=1S/C17H22N4O2/c1-21-11-14(10-19-21)17(13-8-15(22)9-13)20-16(23)3-2-12-4-6-18-7-5-12/h4-7,10-11,13,15,17,22H,2-3,8-9H2,1H3,(H,20,23)/t13?,15?,17-/m0/s1. The van der Waals surface area contributed by atoms with Crippen molar-refractivity contribution in [2.75, 3.05) is 0 Å². The molecule has 1 amide bonds. The van der Waals surface area contributed by atoms with E-state index in [0.717, 1.165) is 24.0 Å². The molecule has 1 saturated carbocycles. The van der Waals surface area contributed by atoms with E-state index in [1.54, 1.807) is 23.3 Å². The fourth-order valence-electron chi connectivity index (χ4n) is 3.03. The van der Waals surface area contributed by atoms with Gasteiger partial charge in [0.1, 0.15) is 0 Å². The fraction of sp³-hybridized carbons (Fsp3) is 0.471. The molecular weight excluding hydrogens is 292 g/mol. The van der Waals surface area contributed by atoms with Gasteiger partial charge in [-0.1, -0.05) is 0 Å². The molecule has 1 atom stereocenters. The van der Waals surface area contributed by atoms with Crippen molar-refractivity contribution < 1.29 is 9.90 Å². The van der Waals surface area contributed by atoms with Crippen LogP contribution in [0.3, 0.4) is 0 Å². The molecule has 6 heteroatoms. The van der Waals surface area contributed by atoms with Crippen LogP contribution in [0.1, 0.15) is 36.4 Å². The number of nitrogens with one attached hydrogen (secondary N) is 1. The average Bonchev–Trinajstić information content (AvgIpc) is 2.95. The fourth-order valence-corrected chi connectivity index (χ4v) is 3.03. The molecule has 1 aliphatic rings. The molecule has 0 unspecified atom stereocenters. The lowest BCUT2D eigenvalue weighted by molar-refractivity contribution is -0.123. The summed E-state index contributed by atoms with van der Waals surface area (Å²) in [5.41, 5.74) is 2.11. The predicted octanol–water partition coefficient (Wildman–Crippen LogP) is 1.38. The first-order valence-electron chi connectivity index (χ1n) is 7.96. The first-order chi connectivity index (χ1) is 11.1. The third-order valence-corrected chi connectivity index (χ3v) is 4.41. The SMILES string of the molecule is Cn1cc([C@@H](NC(=O)CCc2ccncc2)C2CC(O)C2)cn1. The normalized spacial score (nSPS) is 21.5. The Labute approximate surface area is 135 Å².